The third kappa shape index (κ3) is 1.87. The number of aryl methyl sites for hydroxylation is 3. The molecular weight excluding hydrogens is 236 g/mol. The lowest BCUT2D eigenvalue weighted by molar-refractivity contribution is 0.476. The van der Waals surface area contributed by atoms with Crippen molar-refractivity contribution in [2.45, 2.75) is 13.8 Å². The third-order valence-corrected chi connectivity index (χ3v) is 3.63. The first-order chi connectivity index (χ1) is 9.06. The number of rotatable bonds is 1. The van der Waals surface area contributed by atoms with Crippen molar-refractivity contribution in [3.63, 3.8) is 0 Å². The van der Waals surface area contributed by atoms with E-state index in [1.807, 2.05) is 13.1 Å². The van der Waals surface area contributed by atoms with Gasteiger partial charge in [0.15, 0.2) is 0 Å². The minimum atomic E-state index is 0.247. The van der Waals surface area contributed by atoms with Crippen LogP contribution in [0.5, 0.6) is 5.75 Å². The van der Waals surface area contributed by atoms with Crippen molar-refractivity contribution in [2.75, 3.05) is 0 Å². The minimum absolute atomic E-state index is 0.247. The molecule has 1 heterocycles. The van der Waals surface area contributed by atoms with Crippen molar-refractivity contribution in [1.82, 2.24) is 9.55 Å². The highest BCUT2D eigenvalue weighted by atomic mass is 16.3. The van der Waals surface area contributed by atoms with Gasteiger partial charge in [-0.25, -0.2) is 4.98 Å². The summed E-state index contributed by atoms with van der Waals surface area (Å²) in [6.07, 6.45) is 0. The summed E-state index contributed by atoms with van der Waals surface area (Å²) < 4.78 is 2.05. The SMILES string of the molecule is Cc1ccc(-c2nc3cc(O)ccc3n2C)cc1C. The number of benzene rings is 2. The average molecular weight is 252 g/mol. The maximum Gasteiger partial charge on any atom is 0.140 e. The van der Waals surface area contributed by atoms with Crippen molar-refractivity contribution >= 4 is 11.0 Å². The van der Waals surface area contributed by atoms with Gasteiger partial charge < -0.3 is 9.67 Å². The molecule has 0 unspecified atom stereocenters. The largest absolute Gasteiger partial charge is 0.508 e. The quantitative estimate of drug-likeness (QED) is 0.719. The van der Waals surface area contributed by atoms with Crippen LogP contribution in [0.15, 0.2) is 36.4 Å². The molecule has 0 spiro atoms. The third-order valence-electron chi connectivity index (χ3n) is 3.63. The molecule has 96 valence electrons. The molecule has 0 fully saturated rings. The van der Waals surface area contributed by atoms with Gasteiger partial charge in [0.05, 0.1) is 11.0 Å². The molecule has 0 saturated heterocycles. The fraction of sp³-hybridized carbons (Fsp3) is 0.188. The molecule has 19 heavy (non-hydrogen) atoms. The molecule has 0 atom stereocenters. The molecule has 3 nitrogen and oxygen atoms in total. The summed E-state index contributed by atoms with van der Waals surface area (Å²) in [5.41, 5.74) is 5.47. The molecule has 0 saturated carbocycles. The van der Waals surface area contributed by atoms with Gasteiger partial charge in [0, 0.05) is 18.7 Å². The van der Waals surface area contributed by atoms with Crippen LogP contribution in [0.25, 0.3) is 22.4 Å². The number of phenols is 1. The summed E-state index contributed by atoms with van der Waals surface area (Å²) in [7, 11) is 2.00. The zero-order valence-corrected chi connectivity index (χ0v) is 11.3. The van der Waals surface area contributed by atoms with Crippen LogP contribution in [-0.2, 0) is 7.05 Å². The molecule has 3 aromatic rings. The van der Waals surface area contributed by atoms with Gasteiger partial charge in [-0.2, -0.15) is 0 Å². The lowest BCUT2D eigenvalue weighted by atomic mass is 10.1. The number of phenolic OH excluding ortho intramolecular Hbond substituents is 1. The Hall–Kier alpha value is -2.29. The van der Waals surface area contributed by atoms with E-state index in [1.54, 1.807) is 12.1 Å². The second-order valence-corrected chi connectivity index (χ2v) is 4.97. The van der Waals surface area contributed by atoms with Gasteiger partial charge in [0.1, 0.15) is 11.6 Å². The van der Waals surface area contributed by atoms with E-state index in [0.29, 0.717) is 0 Å². The van der Waals surface area contributed by atoms with Crippen LogP contribution < -0.4 is 0 Å². The van der Waals surface area contributed by atoms with Crippen LogP contribution in [0, 0.1) is 13.8 Å². The summed E-state index contributed by atoms with van der Waals surface area (Å²) in [4.78, 5) is 4.62. The van der Waals surface area contributed by atoms with Crippen LogP contribution in [-0.4, -0.2) is 14.7 Å². The van der Waals surface area contributed by atoms with Gasteiger partial charge in [0.2, 0.25) is 0 Å². The van der Waals surface area contributed by atoms with Crippen LogP contribution in [0.2, 0.25) is 0 Å². The minimum Gasteiger partial charge on any atom is -0.508 e. The van der Waals surface area contributed by atoms with Gasteiger partial charge in [-0.3, -0.25) is 0 Å². The van der Waals surface area contributed by atoms with E-state index >= 15 is 0 Å². The molecule has 0 aliphatic carbocycles. The predicted octanol–water partition coefficient (Wildman–Crippen LogP) is 3.56. The van der Waals surface area contributed by atoms with Gasteiger partial charge in [-0.05, 0) is 43.2 Å². The van der Waals surface area contributed by atoms with Gasteiger partial charge in [0.25, 0.3) is 0 Å². The Morgan fingerprint density at radius 3 is 2.53 bits per heavy atom. The molecule has 0 radical (unpaired) electrons. The zero-order valence-electron chi connectivity index (χ0n) is 11.3. The molecule has 1 aromatic heterocycles. The normalized spacial score (nSPS) is 11.1. The second kappa shape index (κ2) is 4.12. The van der Waals surface area contributed by atoms with Crippen LogP contribution in [0.1, 0.15) is 11.1 Å². The lowest BCUT2D eigenvalue weighted by Crippen LogP contribution is -1.93. The van der Waals surface area contributed by atoms with Crippen molar-refractivity contribution in [2.24, 2.45) is 7.05 Å². The highest BCUT2D eigenvalue weighted by Gasteiger charge is 2.10. The molecule has 0 aliphatic heterocycles. The fourth-order valence-electron chi connectivity index (χ4n) is 2.33. The van der Waals surface area contributed by atoms with Crippen molar-refractivity contribution in [1.29, 1.82) is 0 Å². The molecule has 3 heteroatoms. The average Bonchev–Trinajstić information content (AvgIpc) is 2.70. The maximum absolute atomic E-state index is 9.53. The van der Waals surface area contributed by atoms with E-state index in [0.717, 1.165) is 22.4 Å². The number of hydrogen-bond acceptors (Lipinski definition) is 2. The molecule has 1 N–H and O–H groups in total. The van der Waals surface area contributed by atoms with Crippen molar-refractivity contribution < 1.29 is 5.11 Å². The Morgan fingerprint density at radius 2 is 1.79 bits per heavy atom. The van der Waals surface area contributed by atoms with Crippen LogP contribution >= 0.6 is 0 Å². The summed E-state index contributed by atoms with van der Waals surface area (Å²) in [5, 5.41) is 9.53. The first kappa shape index (κ1) is 11.8. The Kier molecular flexibility index (Phi) is 2.56. The van der Waals surface area contributed by atoms with Crippen molar-refractivity contribution in [3.05, 3.63) is 47.5 Å². The van der Waals surface area contributed by atoms with Gasteiger partial charge >= 0.3 is 0 Å². The lowest BCUT2D eigenvalue weighted by Gasteiger charge is -2.05. The molecular formula is C16H16N2O. The van der Waals surface area contributed by atoms with E-state index in [-0.39, 0.29) is 5.75 Å². The number of hydrogen-bond donors (Lipinski definition) is 1. The van der Waals surface area contributed by atoms with Crippen LogP contribution in [0.4, 0.5) is 0 Å². The van der Waals surface area contributed by atoms with Crippen molar-refractivity contribution in [3.8, 4) is 17.1 Å². The number of aromatic nitrogens is 2. The molecule has 0 aliphatic rings. The fourth-order valence-corrected chi connectivity index (χ4v) is 2.33. The van der Waals surface area contributed by atoms with E-state index in [2.05, 4.69) is 41.6 Å². The Labute approximate surface area is 112 Å². The first-order valence-electron chi connectivity index (χ1n) is 6.29. The van der Waals surface area contributed by atoms with Gasteiger partial charge in [-0.1, -0.05) is 12.1 Å². The molecule has 0 amide bonds. The smallest absolute Gasteiger partial charge is 0.140 e. The summed E-state index contributed by atoms with van der Waals surface area (Å²) >= 11 is 0. The van der Waals surface area contributed by atoms with E-state index in [4.69, 9.17) is 0 Å². The van der Waals surface area contributed by atoms with E-state index in [9.17, 15) is 5.11 Å². The highest BCUT2D eigenvalue weighted by Crippen LogP contribution is 2.27. The van der Waals surface area contributed by atoms with E-state index in [1.165, 1.54) is 11.1 Å². The predicted molar refractivity (Wildman–Crippen MR) is 77.3 cm³/mol. The molecule has 0 bridgehead atoms. The van der Waals surface area contributed by atoms with E-state index < -0.39 is 0 Å². The maximum atomic E-state index is 9.53. The number of aromatic hydroxyl groups is 1. The second-order valence-electron chi connectivity index (χ2n) is 4.97. The Balaban J connectivity index is 2.24. The topological polar surface area (TPSA) is 38.1 Å². The highest BCUT2D eigenvalue weighted by molar-refractivity contribution is 5.81. The molecule has 2 aromatic carbocycles. The Bertz CT molecular complexity index is 772. The number of imidazole rings is 1. The first-order valence-corrected chi connectivity index (χ1v) is 6.29. The number of nitrogens with zero attached hydrogens (tertiary/aromatic N) is 2. The summed E-state index contributed by atoms with van der Waals surface area (Å²) in [6, 6.07) is 11.6. The standard InChI is InChI=1S/C16H16N2O/c1-10-4-5-12(8-11(10)2)16-17-14-9-13(19)6-7-15(14)18(16)3/h4-9,19H,1-3H3. The summed E-state index contributed by atoms with van der Waals surface area (Å²) in [5.74, 6) is 1.17. The zero-order chi connectivity index (χ0) is 13.6. The Morgan fingerprint density at radius 1 is 1.00 bits per heavy atom. The van der Waals surface area contributed by atoms with Gasteiger partial charge in [-0.15, -0.1) is 0 Å². The monoisotopic (exact) mass is 252 g/mol. The summed E-state index contributed by atoms with van der Waals surface area (Å²) in [6.45, 7) is 4.21. The van der Waals surface area contributed by atoms with Crippen LogP contribution in [0.3, 0.4) is 0 Å². The molecule has 3 rings (SSSR count). The number of fused-ring (bicyclic) bond motifs is 1.